The largest absolute Gasteiger partial charge is 0.344 e. The monoisotopic (exact) mass is 246 g/mol. The van der Waals surface area contributed by atoms with Crippen molar-refractivity contribution in [2.45, 2.75) is 20.1 Å². The molecule has 0 bridgehead atoms. The molecule has 3 nitrogen and oxygen atoms in total. The van der Waals surface area contributed by atoms with Crippen molar-refractivity contribution in [2.24, 2.45) is 7.05 Å². The van der Waals surface area contributed by atoms with Gasteiger partial charge in [0.1, 0.15) is 7.05 Å². The zero-order chi connectivity index (χ0) is 13.0. The summed E-state index contributed by atoms with van der Waals surface area (Å²) >= 11 is 0. The fraction of sp³-hybridized carbons (Fsp3) is 0.400. The molecule has 0 amide bonds. The van der Waals surface area contributed by atoms with Crippen LogP contribution in [-0.4, -0.2) is 13.2 Å². The number of hydrogen-bond donors (Lipinski definition) is 0. The second-order valence-corrected chi connectivity index (χ2v) is 4.12. The van der Waals surface area contributed by atoms with Gasteiger partial charge in [0.15, 0.2) is 0 Å². The van der Waals surface area contributed by atoms with Crippen LogP contribution in [0.5, 0.6) is 0 Å². The summed E-state index contributed by atoms with van der Waals surface area (Å²) < 4.78 is 13.4. The number of para-hydroxylation sites is 1. The van der Waals surface area contributed by atoms with Crippen LogP contribution in [0.4, 0.5) is 0 Å². The topological polar surface area (TPSA) is 22.3 Å². The molecule has 1 aromatic heterocycles. The molecule has 2 rings (SSSR count). The highest BCUT2D eigenvalue weighted by Gasteiger charge is 2.22. The third-order valence-electron chi connectivity index (χ3n) is 3.00. The Morgan fingerprint density at radius 1 is 1.00 bits per heavy atom. The minimum atomic E-state index is -0.297. The molecule has 1 heterocycles. The maximum atomic E-state index is 5.66. The lowest BCUT2D eigenvalue weighted by molar-refractivity contribution is -0.661. The predicted molar refractivity (Wildman–Crippen MR) is 71.1 cm³/mol. The van der Waals surface area contributed by atoms with Crippen molar-refractivity contribution in [3.05, 3.63) is 42.1 Å². The van der Waals surface area contributed by atoms with Crippen LogP contribution in [0.25, 0.3) is 10.9 Å². The van der Waals surface area contributed by atoms with Crippen LogP contribution in [0.3, 0.4) is 0 Å². The van der Waals surface area contributed by atoms with Gasteiger partial charge in [-0.1, -0.05) is 12.1 Å². The van der Waals surface area contributed by atoms with E-state index >= 15 is 0 Å². The molecular weight excluding hydrogens is 226 g/mol. The van der Waals surface area contributed by atoms with E-state index in [9.17, 15) is 0 Å². The third-order valence-corrected chi connectivity index (χ3v) is 3.00. The van der Waals surface area contributed by atoms with Gasteiger partial charge >= 0.3 is 0 Å². The predicted octanol–water partition coefficient (Wildman–Crippen LogP) is 2.74. The van der Waals surface area contributed by atoms with E-state index in [1.54, 1.807) is 0 Å². The summed E-state index contributed by atoms with van der Waals surface area (Å²) in [6.45, 7) is 5.23. The lowest BCUT2D eigenvalue weighted by Gasteiger charge is -2.15. The molecule has 0 saturated heterocycles. The Morgan fingerprint density at radius 2 is 1.67 bits per heavy atom. The Balaban J connectivity index is 2.46. The standard InChI is InChI=1S/C15H20NO2/c1-4-17-15(18-5-2)14-11-10-12-8-6-7-9-13(12)16(14)3/h6-11,15H,4-5H2,1-3H3/q+1. The Bertz CT molecular complexity index is 519. The quantitative estimate of drug-likeness (QED) is 0.598. The number of ether oxygens (including phenoxy) is 2. The molecule has 0 radical (unpaired) electrons. The van der Waals surface area contributed by atoms with Gasteiger partial charge in [0, 0.05) is 30.7 Å². The maximum Gasteiger partial charge on any atom is 0.244 e. The zero-order valence-corrected chi connectivity index (χ0v) is 11.2. The van der Waals surface area contributed by atoms with Crippen LogP contribution in [0.2, 0.25) is 0 Å². The average molecular weight is 246 g/mol. The molecule has 0 saturated carbocycles. The van der Waals surface area contributed by atoms with Gasteiger partial charge in [-0.3, -0.25) is 0 Å². The normalized spacial score (nSPS) is 11.3. The fourth-order valence-electron chi connectivity index (χ4n) is 2.12. The van der Waals surface area contributed by atoms with E-state index in [-0.39, 0.29) is 6.29 Å². The fourth-order valence-corrected chi connectivity index (χ4v) is 2.12. The van der Waals surface area contributed by atoms with Gasteiger partial charge in [0.25, 0.3) is 0 Å². The highest BCUT2D eigenvalue weighted by Crippen LogP contribution is 2.18. The Kier molecular flexibility index (Phi) is 4.28. The van der Waals surface area contributed by atoms with E-state index in [1.165, 1.54) is 10.9 Å². The third kappa shape index (κ3) is 2.52. The molecule has 96 valence electrons. The highest BCUT2D eigenvalue weighted by molar-refractivity contribution is 5.75. The molecule has 0 spiro atoms. The van der Waals surface area contributed by atoms with Crippen LogP contribution in [-0.2, 0) is 16.5 Å². The average Bonchev–Trinajstić information content (AvgIpc) is 2.39. The van der Waals surface area contributed by atoms with Crippen molar-refractivity contribution in [1.29, 1.82) is 0 Å². The molecule has 0 aliphatic carbocycles. The Hall–Kier alpha value is -1.45. The molecule has 2 aromatic rings. The maximum absolute atomic E-state index is 5.66. The second-order valence-electron chi connectivity index (χ2n) is 4.12. The van der Waals surface area contributed by atoms with E-state index in [1.807, 2.05) is 33.0 Å². The lowest BCUT2D eigenvalue weighted by Crippen LogP contribution is -2.37. The number of pyridine rings is 1. The zero-order valence-electron chi connectivity index (χ0n) is 11.2. The molecule has 0 aliphatic rings. The molecule has 18 heavy (non-hydrogen) atoms. The van der Waals surface area contributed by atoms with Crippen LogP contribution >= 0.6 is 0 Å². The van der Waals surface area contributed by atoms with E-state index in [0.29, 0.717) is 13.2 Å². The van der Waals surface area contributed by atoms with Crippen molar-refractivity contribution in [2.75, 3.05) is 13.2 Å². The summed E-state index contributed by atoms with van der Waals surface area (Å²) in [4.78, 5) is 0. The number of aromatic nitrogens is 1. The van der Waals surface area contributed by atoms with E-state index in [2.05, 4.69) is 28.8 Å². The first kappa shape index (κ1) is 13.0. The number of aryl methyl sites for hydroxylation is 1. The van der Waals surface area contributed by atoms with Gasteiger partial charge in [-0.25, -0.2) is 0 Å². The van der Waals surface area contributed by atoms with Crippen molar-refractivity contribution in [1.82, 2.24) is 0 Å². The molecule has 0 fully saturated rings. The summed E-state index contributed by atoms with van der Waals surface area (Å²) in [7, 11) is 2.04. The molecule has 0 unspecified atom stereocenters. The van der Waals surface area contributed by atoms with Gasteiger partial charge < -0.3 is 9.47 Å². The van der Waals surface area contributed by atoms with Crippen LogP contribution in [0.15, 0.2) is 36.4 Å². The lowest BCUT2D eigenvalue weighted by atomic mass is 10.2. The first-order chi connectivity index (χ1) is 8.77. The van der Waals surface area contributed by atoms with E-state index < -0.39 is 0 Å². The summed E-state index contributed by atoms with van der Waals surface area (Å²) in [5.41, 5.74) is 2.22. The number of hydrogen-bond acceptors (Lipinski definition) is 2. The summed E-state index contributed by atoms with van der Waals surface area (Å²) in [5, 5.41) is 1.22. The Labute approximate surface area is 108 Å². The van der Waals surface area contributed by atoms with E-state index in [0.717, 1.165) is 5.69 Å². The van der Waals surface area contributed by atoms with E-state index in [4.69, 9.17) is 9.47 Å². The second kappa shape index (κ2) is 5.94. The van der Waals surface area contributed by atoms with Gasteiger partial charge in [0.05, 0.1) is 0 Å². The number of benzene rings is 1. The Morgan fingerprint density at radius 3 is 2.33 bits per heavy atom. The molecule has 1 aromatic carbocycles. The number of nitrogens with zero attached hydrogens (tertiary/aromatic N) is 1. The SMILES string of the molecule is CCOC(OCC)c1ccc2ccccc2[n+]1C. The number of rotatable bonds is 5. The van der Waals surface area contributed by atoms with Gasteiger partial charge in [-0.2, -0.15) is 4.57 Å². The summed E-state index contributed by atoms with van der Waals surface area (Å²) in [5.74, 6) is 0. The van der Waals surface area contributed by atoms with Crippen molar-refractivity contribution in [3.8, 4) is 0 Å². The molecule has 3 heteroatoms. The molecule has 0 N–H and O–H groups in total. The van der Waals surface area contributed by atoms with Gasteiger partial charge in [-0.05, 0) is 26.0 Å². The van der Waals surface area contributed by atoms with Crippen LogP contribution in [0.1, 0.15) is 25.8 Å². The van der Waals surface area contributed by atoms with Crippen LogP contribution in [0, 0.1) is 0 Å². The molecular formula is C15H20NO2+. The van der Waals surface area contributed by atoms with Crippen molar-refractivity contribution < 1.29 is 14.0 Å². The minimum Gasteiger partial charge on any atom is -0.344 e. The first-order valence-electron chi connectivity index (χ1n) is 6.38. The summed E-state index contributed by atoms with van der Waals surface area (Å²) in [6.07, 6.45) is -0.297. The minimum absolute atomic E-state index is 0.297. The van der Waals surface area contributed by atoms with Crippen molar-refractivity contribution >= 4 is 10.9 Å². The van der Waals surface area contributed by atoms with Gasteiger partial charge in [-0.15, -0.1) is 0 Å². The highest BCUT2D eigenvalue weighted by atomic mass is 16.7. The molecule has 0 atom stereocenters. The summed E-state index contributed by atoms with van der Waals surface area (Å²) in [6, 6.07) is 12.5. The molecule has 0 aliphatic heterocycles. The first-order valence-corrected chi connectivity index (χ1v) is 6.38. The van der Waals surface area contributed by atoms with Crippen molar-refractivity contribution in [3.63, 3.8) is 0 Å². The van der Waals surface area contributed by atoms with Crippen LogP contribution < -0.4 is 4.57 Å². The number of fused-ring (bicyclic) bond motifs is 1. The van der Waals surface area contributed by atoms with Gasteiger partial charge in [0.2, 0.25) is 17.5 Å². The smallest absolute Gasteiger partial charge is 0.244 e.